The minimum absolute atomic E-state index is 0.0273. The molecule has 1 saturated carbocycles. The number of thiophene rings is 1. The number of hydrogen-bond donors (Lipinski definition) is 4. The van der Waals surface area contributed by atoms with Gasteiger partial charge in [0.05, 0.1) is 43.9 Å². The summed E-state index contributed by atoms with van der Waals surface area (Å²) in [5.41, 5.74) is 13.2. The summed E-state index contributed by atoms with van der Waals surface area (Å²) >= 11 is 0.933. The molecule has 240 valence electrons. The SMILES string of the molecule is COC(/C=C(\N)OC(F)F)=C(/N)c1ccc(CN[C@H]2C[C@@H](O)[C@@H](N(C)c3nc(OC)nc4sc(CC(F)(F)F)cc34)C2)cc1. The van der Waals surface area contributed by atoms with Crippen molar-refractivity contribution in [3.63, 3.8) is 0 Å². The molecule has 2 heterocycles. The number of anilines is 1. The van der Waals surface area contributed by atoms with Gasteiger partial charge in [-0.15, -0.1) is 11.3 Å². The number of allylic oxidation sites excluding steroid dienone is 1. The second-order valence-electron chi connectivity index (χ2n) is 10.2. The number of fused-ring (bicyclic) bond motifs is 1. The lowest BCUT2D eigenvalue weighted by atomic mass is 10.1. The number of alkyl halides is 5. The minimum Gasteiger partial charge on any atom is -0.494 e. The first-order valence-corrected chi connectivity index (χ1v) is 14.2. The van der Waals surface area contributed by atoms with Crippen LogP contribution in [0.5, 0.6) is 6.01 Å². The molecule has 1 aliphatic carbocycles. The molecule has 4 rings (SSSR count). The van der Waals surface area contributed by atoms with Gasteiger partial charge in [-0.05, 0) is 24.5 Å². The molecule has 0 unspecified atom stereocenters. The van der Waals surface area contributed by atoms with Gasteiger partial charge in [0.1, 0.15) is 16.4 Å². The first-order valence-electron chi connectivity index (χ1n) is 13.4. The number of nitrogens with one attached hydrogen (secondary N) is 1. The molecule has 1 fully saturated rings. The van der Waals surface area contributed by atoms with Crippen molar-refractivity contribution in [2.75, 3.05) is 26.2 Å². The number of halogens is 5. The summed E-state index contributed by atoms with van der Waals surface area (Å²) in [5, 5.41) is 14.8. The number of rotatable bonds is 12. The van der Waals surface area contributed by atoms with E-state index in [1.807, 2.05) is 12.1 Å². The number of nitrogens with zero attached hydrogens (tertiary/aromatic N) is 3. The van der Waals surface area contributed by atoms with Crippen LogP contribution in [0.1, 0.15) is 28.8 Å². The highest BCUT2D eigenvalue weighted by molar-refractivity contribution is 7.18. The first-order chi connectivity index (χ1) is 20.8. The maximum atomic E-state index is 13.0. The Morgan fingerprint density at radius 3 is 2.50 bits per heavy atom. The van der Waals surface area contributed by atoms with E-state index in [1.165, 1.54) is 20.3 Å². The molecule has 44 heavy (non-hydrogen) atoms. The molecule has 0 bridgehead atoms. The fraction of sp³-hybridized carbons (Fsp3) is 0.429. The van der Waals surface area contributed by atoms with Gasteiger partial charge in [0.15, 0.2) is 5.88 Å². The summed E-state index contributed by atoms with van der Waals surface area (Å²) in [6, 6.07) is 8.19. The largest absolute Gasteiger partial charge is 0.494 e. The molecular weight excluding hydrogens is 611 g/mol. The number of nitrogens with two attached hydrogens (primary N) is 2. The van der Waals surface area contributed by atoms with E-state index >= 15 is 0 Å². The van der Waals surface area contributed by atoms with Gasteiger partial charge in [0.25, 0.3) is 0 Å². The molecule has 0 radical (unpaired) electrons. The van der Waals surface area contributed by atoms with Crippen LogP contribution in [-0.2, 0) is 22.4 Å². The van der Waals surface area contributed by atoms with Gasteiger partial charge < -0.3 is 41.0 Å². The summed E-state index contributed by atoms with van der Waals surface area (Å²) in [4.78, 5) is 10.9. The Morgan fingerprint density at radius 1 is 1.18 bits per heavy atom. The second kappa shape index (κ2) is 13.8. The normalized spacial score (nSPS) is 19.8. The predicted molar refractivity (Wildman–Crippen MR) is 156 cm³/mol. The van der Waals surface area contributed by atoms with Crippen LogP contribution in [0, 0.1) is 0 Å². The van der Waals surface area contributed by atoms with Crippen LogP contribution in [0.25, 0.3) is 15.9 Å². The van der Waals surface area contributed by atoms with E-state index in [0.29, 0.717) is 41.0 Å². The molecule has 1 aromatic carbocycles. The van der Waals surface area contributed by atoms with E-state index in [-0.39, 0.29) is 34.4 Å². The van der Waals surface area contributed by atoms with Gasteiger partial charge in [-0.2, -0.15) is 31.9 Å². The maximum absolute atomic E-state index is 13.0. The molecule has 0 spiro atoms. The monoisotopic (exact) mass is 644 g/mol. The third kappa shape index (κ3) is 8.18. The van der Waals surface area contributed by atoms with Crippen molar-refractivity contribution in [3.8, 4) is 6.01 Å². The van der Waals surface area contributed by atoms with Crippen LogP contribution in [-0.4, -0.2) is 67.3 Å². The van der Waals surface area contributed by atoms with Crippen molar-refractivity contribution in [1.82, 2.24) is 15.3 Å². The number of aliphatic hydroxyl groups is 1. The van der Waals surface area contributed by atoms with E-state index in [9.17, 15) is 27.1 Å². The Labute approximate surface area is 254 Å². The summed E-state index contributed by atoms with van der Waals surface area (Å²) in [5.74, 6) is -0.106. The van der Waals surface area contributed by atoms with Crippen molar-refractivity contribution < 1.29 is 41.3 Å². The zero-order valence-electron chi connectivity index (χ0n) is 24.1. The first kappa shape index (κ1) is 33.0. The number of ether oxygens (including phenoxy) is 3. The number of hydrogen-bond acceptors (Lipinski definition) is 11. The third-order valence-corrected chi connectivity index (χ3v) is 8.16. The number of aromatic nitrogens is 2. The van der Waals surface area contributed by atoms with Crippen LogP contribution in [0.2, 0.25) is 0 Å². The van der Waals surface area contributed by atoms with E-state index in [0.717, 1.165) is 23.0 Å². The Bertz CT molecular complexity index is 1500. The summed E-state index contributed by atoms with van der Waals surface area (Å²) in [7, 11) is 4.45. The Morgan fingerprint density at radius 2 is 1.89 bits per heavy atom. The van der Waals surface area contributed by atoms with Gasteiger partial charge >= 0.3 is 18.8 Å². The molecule has 0 aliphatic heterocycles. The van der Waals surface area contributed by atoms with Crippen LogP contribution in [0.15, 0.2) is 48.1 Å². The lowest BCUT2D eigenvalue weighted by Gasteiger charge is -2.28. The molecule has 2 aromatic heterocycles. The van der Waals surface area contributed by atoms with E-state index in [1.54, 1.807) is 24.1 Å². The smallest absolute Gasteiger partial charge is 0.393 e. The van der Waals surface area contributed by atoms with Crippen molar-refractivity contribution in [3.05, 3.63) is 64.1 Å². The number of methoxy groups -OCH3 is 2. The van der Waals surface area contributed by atoms with E-state index in [4.69, 9.17) is 20.9 Å². The van der Waals surface area contributed by atoms with Crippen LogP contribution in [0.4, 0.5) is 27.8 Å². The number of benzene rings is 1. The predicted octanol–water partition coefficient (Wildman–Crippen LogP) is 4.24. The number of likely N-dealkylation sites (N-methyl/N-ethyl adjacent to an activating group) is 1. The van der Waals surface area contributed by atoms with Gasteiger partial charge in [0, 0.05) is 36.2 Å². The fourth-order valence-corrected chi connectivity index (χ4v) is 6.08. The quantitative estimate of drug-likeness (QED) is 0.129. The summed E-state index contributed by atoms with van der Waals surface area (Å²) in [6.45, 7) is -2.61. The minimum atomic E-state index is -4.36. The second-order valence-corrected chi connectivity index (χ2v) is 11.3. The molecule has 3 atom stereocenters. The van der Waals surface area contributed by atoms with Crippen molar-refractivity contribution >= 4 is 33.1 Å². The molecular formula is C28H33F5N6O4S. The zero-order valence-corrected chi connectivity index (χ0v) is 24.9. The van der Waals surface area contributed by atoms with Gasteiger partial charge in [-0.3, -0.25) is 0 Å². The highest BCUT2D eigenvalue weighted by Crippen LogP contribution is 2.37. The number of aliphatic hydroxyl groups excluding tert-OH is 1. The lowest BCUT2D eigenvalue weighted by Crippen LogP contribution is -2.38. The molecule has 16 heteroatoms. The Kier molecular flexibility index (Phi) is 10.4. The molecule has 0 saturated heterocycles. The molecule has 1 aliphatic rings. The van der Waals surface area contributed by atoms with Gasteiger partial charge in [-0.25, -0.2) is 0 Å². The highest BCUT2D eigenvalue weighted by Gasteiger charge is 2.37. The van der Waals surface area contributed by atoms with Crippen LogP contribution >= 0.6 is 11.3 Å². The highest BCUT2D eigenvalue weighted by atomic mass is 32.1. The van der Waals surface area contributed by atoms with Gasteiger partial charge in [0.2, 0.25) is 0 Å². The maximum Gasteiger partial charge on any atom is 0.393 e. The van der Waals surface area contributed by atoms with Crippen LogP contribution in [0.3, 0.4) is 0 Å². The third-order valence-electron chi connectivity index (χ3n) is 7.13. The topological polar surface area (TPSA) is 141 Å². The van der Waals surface area contributed by atoms with E-state index in [2.05, 4.69) is 20.0 Å². The summed E-state index contributed by atoms with van der Waals surface area (Å²) in [6.07, 6.45) is -4.10. The molecule has 0 amide bonds. The van der Waals surface area contributed by atoms with E-state index < -0.39 is 31.2 Å². The standard InChI is InChI=1S/C28H33F5N6O4S/c1-39(24-18-10-17(12-28(31,32)33)44-25(18)38-27(37-24)42-3)19-8-16(9-20(19)40)36-13-14-4-6-15(7-5-14)23(35)21(41-2)11-22(34)43-26(29)30/h4-7,10-11,16,19-20,26,36,40H,8-9,12-13,34-35H2,1-3H3/b22-11+,23-21+/t16-,19+,20-/m1/s1. The molecule has 3 aromatic rings. The lowest BCUT2D eigenvalue weighted by molar-refractivity contribution is -0.126. The van der Waals surface area contributed by atoms with Crippen molar-refractivity contribution in [2.24, 2.45) is 11.5 Å². The fourth-order valence-electron chi connectivity index (χ4n) is 5.03. The van der Waals surface area contributed by atoms with Crippen molar-refractivity contribution in [1.29, 1.82) is 0 Å². The average Bonchev–Trinajstić information content (AvgIpc) is 3.54. The average molecular weight is 645 g/mol. The molecule has 10 nitrogen and oxygen atoms in total. The Balaban J connectivity index is 1.43. The van der Waals surface area contributed by atoms with Crippen LogP contribution < -0.4 is 26.4 Å². The van der Waals surface area contributed by atoms with Gasteiger partial charge in [-0.1, -0.05) is 24.3 Å². The Hall–Kier alpha value is -3.89. The summed E-state index contributed by atoms with van der Waals surface area (Å²) < 4.78 is 78.4. The van der Waals surface area contributed by atoms with Crippen molar-refractivity contribution in [2.45, 2.75) is 56.8 Å². The molecule has 6 N–H and O–H groups in total. The zero-order chi connectivity index (χ0) is 32.2.